The summed E-state index contributed by atoms with van der Waals surface area (Å²) in [5.74, 6) is -0.256. The number of benzene rings is 2. The van der Waals surface area contributed by atoms with Crippen LogP contribution in [0.1, 0.15) is 83.5 Å². The van der Waals surface area contributed by atoms with Crippen molar-refractivity contribution < 1.29 is 24.2 Å². The van der Waals surface area contributed by atoms with Crippen molar-refractivity contribution in [1.29, 1.82) is 0 Å². The zero-order chi connectivity index (χ0) is 29.6. The summed E-state index contributed by atoms with van der Waals surface area (Å²) in [6.07, 6.45) is 1.98. The van der Waals surface area contributed by atoms with Crippen molar-refractivity contribution in [1.82, 2.24) is 15.5 Å². The van der Waals surface area contributed by atoms with E-state index in [1.165, 1.54) is 0 Å². The van der Waals surface area contributed by atoms with Crippen molar-refractivity contribution in [3.63, 3.8) is 0 Å². The molecule has 2 aromatic carbocycles. The number of ether oxygens (including phenoxy) is 1. The minimum Gasteiger partial charge on any atom is -0.508 e. The second kappa shape index (κ2) is 13.2. The van der Waals surface area contributed by atoms with Gasteiger partial charge in [0, 0.05) is 18.5 Å². The predicted octanol–water partition coefficient (Wildman–Crippen LogP) is 5.42. The van der Waals surface area contributed by atoms with E-state index in [9.17, 15) is 19.5 Å². The Kier molecular flexibility index (Phi) is 10.2. The van der Waals surface area contributed by atoms with E-state index >= 15 is 0 Å². The standard InChI is InChI=1S/C32H45N3O5/c1-8-11-22(4)33-29(37)28(25-13-10-9-12-20(25)2)35(27-18-21(27)3)30(38)26(34-31(39)40-32(5,6)7)19-23-14-16-24(36)17-15-23/h9-10,12-17,21-22,26-28,36H,8,11,18-19H2,1-7H3,(H,33,37)(H,34,39). The first-order chi connectivity index (χ1) is 18.8. The van der Waals surface area contributed by atoms with E-state index < -0.39 is 23.8 Å². The Morgan fingerprint density at radius 1 is 1.07 bits per heavy atom. The van der Waals surface area contributed by atoms with Gasteiger partial charge in [-0.05, 0) is 82.2 Å². The van der Waals surface area contributed by atoms with E-state index in [1.54, 1.807) is 49.9 Å². The van der Waals surface area contributed by atoms with Crippen molar-refractivity contribution >= 4 is 17.9 Å². The topological polar surface area (TPSA) is 108 Å². The number of carbonyl (C=O) groups is 3. The summed E-state index contributed by atoms with van der Waals surface area (Å²) in [5, 5.41) is 15.7. The molecule has 5 unspecified atom stereocenters. The van der Waals surface area contributed by atoms with Crippen LogP contribution >= 0.6 is 0 Å². The molecule has 5 atom stereocenters. The Bertz CT molecular complexity index is 1170. The number of carbonyl (C=O) groups excluding carboxylic acids is 3. The van der Waals surface area contributed by atoms with Gasteiger partial charge in [0.25, 0.3) is 0 Å². The maximum Gasteiger partial charge on any atom is 0.408 e. The van der Waals surface area contributed by atoms with Crippen LogP contribution in [0.25, 0.3) is 0 Å². The van der Waals surface area contributed by atoms with Crippen LogP contribution in [0.5, 0.6) is 5.75 Å². The van der Waals surface area contributed by atoms with E-state index in [1.807, 2.05) is 38.1 Å². The van der Waals surface area contributed by atoms with Gasteiger partial charge in [-0.25, -0.2) is 4.79 Å². The van der Waals surface area contributed by atoms with Gasteiger partial charge in [0.2, 0.25) is 11.8 Å². The zero-order valence-corrected chi connectivity index (χ0v) is 24.9. The molecule has 0 radical (unpaired) electrons. The van der Waals surface area contributed by atoms with Gasteiger partial charge < -0.3 is 25.4 Å². The second-order valence-electron chi connectivity index (χ2n) is 12.1. The second-order valence-corrected chi connectivity index (χ2v) is 12.1. The van der Waals surface area contributed by atoms with Crippen LogP contribution in [-0.2, 0) is 20.7 Å². The van der Waals surface area contributed by atoms with Crippen molar-refractivity contribution in [2.24, 2.45) is 5.92 Å². The smallest absolute Gasteiger partial charge is 0.408 e. The summed E-state index contributed by atoms with van der Waals surface area (Å²) in [7, 11) is 0. The highest BCUT2D eigenvalue weighted by molar-refractivity contribution is 5.93. The molecule has 1 aliphatic carbocycles. The van der Waals surface area contributed by atoms with Crippen LogP contribution in [0, 0.1) is 12.8 Å². The number of phenols is 1. The SMILES string of the molecule is CCCC(C)NC(=O)C(c1ccccc1C)N(C(=O)C(Cc1ccc(O)cc1)NC(=O)OC(C)(C)C)C1CC1C. The van der Waals surface area contributed by atoms with E-state index in [4.69, 9.17) is 4.74 Å². The molecule has 2 aromatic rings. The van der Waals surface area contributed by atoms with Gasteiger partial charge in [0.1, 0.15) is 23.4 Å². The average molecular weight is 552 g/mol. The number of aryl methyl sites for hydroxylation is 1. The molecule has 8 nitrogen and oxygen atoms in total. The van der Waals surface area contributed by atoms with E-state index in [-0.39, 0.29) is 42.0 Å². The van der Waals surface area contributed by atoms with Crippen molar-refractivity contribution in [3.05, 3.63) is 65.2 Å². The Morgan fingerprint density at radius 3 is 2.25 bits per heavy atom. The minimum atomic E-state index is -0.987. The zero-order valence-electron chi connectivity index (χ0n) is 24.9. The summed E-state index contributed by atoms with van der Waals surface area (Å²) in [6, 6.07) is 12.1. The van der Waals surface area contributed by atoms with Gasteiger partial charge in [0.05, 0.1) is 0 Å². The fourth-order valence-corrected chi connectivity index (χ4v) is 5.01. The minimum absolute atomic E-state index is 0.0507. The maximum absolute atomic E-state index is 14.5. The number of hydrogen-bond acceptors (Lipinski definition) is 5. The summed E-state index contributed by atoms with van der Waals surface area (Å²) in [6.45, 7) is 13.3. The highest BCUT2D eigenvalue weighted by atomic mass is 16.6. The number of phenolic OH excluding ortho intramolecular Hbond substituents is 1. The molecule has 0 aromatic heterocycles. The lowest BCUT2D eigenvalue weighted by Gasteiger charge is -2.36. The first kappa shape index (κ1) is 31.0. The monoisotopic (exact) mass is 551 g/mol. The number of aromatic hydroxyl groups is 1. The molecule has 0 heterocycles. The summed E-state index contributed by atoms with van der Waals surface area (Å²) in [5.41, 5.74) is 1.67. The fourth-order valence-electron chi connectivity index (χ4n) is 5.01. The average Bonchev–Trinajstić information content (AvgIpc) is 3.58. The van der Waals surface area contributed by atoms with Gasteiger partial charge in [-0.3, -0.25) is 9.59 Å². The Balaban J connectivity index is 2.05. The van der Waals surface area contributed by atoms with Crippen molar-refractivity contribution in [3.8, 4) is 5.75 Å². The van der Waals surface area contributed by atoms with Crippen molar-refractivity contribution in [2.75, 3.05) is 0 Å². The number of alkyl carbamates (subject to hydrolysis) is 1. The summed E-state index contributed by atoms with van der Waals surface area (Å²) in [4.78, 5) is 43.1. The van der Waals surface area contributed by atoms with Crippen LogP contribution < -0.4 is 10.6 Å². The molecular weight excluding hydrogens is 506 g/mol. The van der Waals surface area contributed by atoms with E-state index in [0.717, 1.165) is 36.0 Å². The molecule has 40 heavy (non-hydrogen) atoms. The number of nitrogens with one attached hydrogen (secondary N) is 2. The number of nitrogens with zero attached hydrogens (tertiary/aromatic N) is 1. The van der Waals surface area contributed by atoms with Gasteiger partial charge in [-0.2, -0.15) is 0 Å². The van der Waals surface area contributed by atoms with Gasteiger partial charge in [-0.1, -0.05) is 56.7 Å². The first-order valence-corrected chi connectivity index (χ1v) is 14.3. The van der Waals surface area contributed by atoms with Gasteiger partial charge >= 0.3 is 6.09 Å². The third-order valence-corrected chi connectivity index (χ3v) is 7.16. The van der Waals surface area contributed by atoms with Crippen LogP contribution in [0.15, 0.2) is 48.5 Å². The Hall–Kier alpha value is -3.55. The summed E-state index contributed by atoms with van der Waals surface area (Å²) >= 11 is 0. The highest BCUT2D eigenvalue weighted by Crippen LogP contribution is 2.41. The summed E-state index contributed by atoms with van der Waals surface area (Å²) < 4.78 is 5.50. The highest BCUT2D eigenvalue weighted by Gasteiger charge is 2.48. The molecule has 0 bridgehead atoms. The molecule has 3 amide bonds. The largest absolute Gasteiger partial charge is 0.508 e. The van der Waals surface area contributed by atoms with Crippen molar-refractivity contribution in [2.45, 2.75) is 104 Å². The van der Waals surface area contributed by atoms with Crippen LogP contribution in [0.4, 0.5) is 4.79 Å². The molecule has 8 heteroatoms. The van der Waals surface area contributed by atoms with Crippen LogP contribution in [-0.4, -0.2) is 51.6 Å². The van der Waals surface area contributed by atoms with Gasteiger partial charge in [-0.15, -0.1) is 0 Å². The molecule has 0 spiro atoms. The molecular formula is C32H45N3O5. The van der Waals surface area contributed by atoms with E-state index in [0.29, 0.717) is 0 Å². The maximum atomic E-state index is 14.5. The molecule has 1 saturated carbocycles. The molecule has 0 aliphatic heterocycles. The molecule has 3 rings (SSSR count). The molecule has 218 valence electrons. The normalized spacial score (nSPS) is 18.7. The quantitative estimate of drug-likeness (QED) is 0.346. The fraction of sp³-hybridized carbons (Fsp3) is 0.531. The molecule has 1 aliphatic rings. The molecule has 1 fully saturated rings. The predicted molar refractivity (Wildman–Crippen MR) is 156 cm³/mol. The Labute approximate surface area is 238 Å². The number of rotatable bonds is 11. The lowest BCUT2D eigenvalue weighted by Crippen LogP contribution is -2.55. The number of hydrogen-bond donors (Lipinski definition) is 3. The molecule has 0 saturated heterocycles. The Morgan fingerprint density at radius 2 is 1.70 bits per heavy atom. The van der Waals surface area contributed by atoms with Crippen LogP contribution in [0.3, 0.4) is 0 Å². The number of amides is 3. The first-order valence-electron chi connectivity index (χ1n) is 14.3. The lowest BCUT2D eigenvalue weighted by atomic mass is 9.96. The van der Waals surface area contributed by atoms with E-state index in [2.05, 4.69) is 24.5 Å². The third kappa shape index (κ3) is 8.47. The lowest BCUT2D eigenvalue weighted by molar-refractivity contribution is -0.143. The third-order valence-electron chi connectivity index (χ3n) is 7.16. The van der Waals surface area contributed by atoms with Crippen LogP contribution in [0.2, 0.25) is 0 Å². The molecule has 3 N–H and O–H groups in total. The van der Waals surface area contributed by atoms with Gasteiger partial charge in [0.15, 0.2) is 0 Å².